The third-order valence-electron chi connectivity index (χ3n) is 1.43. The second-order valence-electron chi connectivity index (χ2n) is 2.62. The molecule has 1 rings (SSSR count). The van der Waals surface area contributed by atoms with Crippen LogP contribution in [0.5, 0.6) is 0 Å². The van der Waals surface area contributed by atoms with Gasteiger partial charge in [-0.3, -0.25) is 0 Å². The molecule has 1 N–H and O–H groups in total. The van der Waals surface area contributed by atoms with Gasteiger partial charge in [0, 0.05) is 5.92 Å². The van der Waals surface area contributed by atoms with Crippen LogP contribution in [-0.4, -0.2) is 10.9 Å². The summed E-state index contributed by atoms with van der Waals surface area (Å²) in [5.74, 6) is 0.277. The summed E-state index contributed by atoms with van der Waals surface area (Å²) in [5, 5.41) is 13.9. The monoisotopic (exact) mass is 169 g/mol. The number of thiophene rings is 1. The molecule has 60 valence electrons. The van der Waals surface area contributed by atoms with E-state index in [1.54, 1.807) is 11.3 Å². The molecule has 0 spiro atoms. The van der Waals surface area contributed by atoms with Crippen molar-refractivity contribution >= 4 is 17.0 Å². The van der Waals surface area contributed by atoms with Crippen LogP contribution >= 0.6 is 11.3 Å². The van der Waals surface area contributed by atoms with E-state index in [9.17, 15) is 0 Å². The van der Waals surface area contributed by atoms with E-state index in [-0.39, 0.29) is 5.92 Å². The normalized spacial score (nSPS) is 12.5. The Kier molecular flexibility index (Phi) is 2.65. The Balaban J connectivity index is 2.90. The number of rotatable bonds is 2. The summed E-state index contributed by atoms with van der Waals surface area (Å²) in [6.07, 6.45) is 0. The second kappa shape index (κ2) is 3.53. The van der Waals surface area contributed by atoms with E-state index in [0.717, 1.165) is 10.6 Å². The van der Waals surface area contributed by atoms with Crippen molar-refractivity contribution in [2.75, 3.05) is 0 Å². The highest BCUT2D eigenvalue weighted by molar-refractivity contribution is 7.12. The van der Waals surface area contributed by atoms with Crippen molar-refractivity contribution in [2.24, 2.45) is 11.1 Å². The Hall–Kier alpha value is -0.830. The average Bonchev–Trinajstić information content (AvgIpc) is 2.40. The van der Waals surface area contributed by atoms with Crippen LogP contribution in [-0.2, 0) is 0 Å². The molecular formula is C8H11NOS. The maximum atomic E-state index is 8.66. The van der Waals surface area contributed by atoms with Crippen LogP contribution in [0.25, 0.3) is 0 Å². The van der Waals surface area contributed by atoms with E-state index in [4.69, 9.17) is 5.21 Å². The van der Waals surface area contributed by atoms with Crippen molar-refractivity contribution in [1.29, 1.82) is 0 Å². The molecule has 0 aliphatic heterocycles. The number of hydrogen-bond donors (Lipinski definition) is 1. The molecule has 0 atom stereocenters. The molecule has 0 radical (unpaired) electrons. The zero-order valence-corrected chi connectivity index (χ0v) is 7.43. The van der Waals surface area contributed by atoms with Crippen LogP contribution in [0.4, 0.5) is 0 Å². The Labute approximate surface area is 70.2 Å². The highest BCUT2D eigenvalue weighted by Crippen LogP contribution is 2.14. The van der Waals surface area contributed by atoms with Gasteiger partial charge in [0.2, 0.25) is 0 Å². The fourth-order valence-corrected chi connectivity index (χ4v) is 1.73. The predicted octanol–water partition coefficient (Wildman–Crippen LogP) is 2.58. The number of oxime groups is 1. The van der Waals surface area contributed by atoms with Gasteiger partial charge >= 0.3 is 0 Å². The molecule has 0 bridgehead atoms. The largest absolute Gasteiger partial charge is 0.411 e. The first-order valence-corrected chi connectivity index (χ1v) is 4.39. The third-order valence-corrected chi connectivity index (χ3v) is 2.32. The first kappa shape index (κ1) is 8.27. The molecule has 1 aromatic heterocycles. The average molecular weight is 169 g/mol. The molecule has 0 fully saturated rings. The summed E-state index contributed by atoms with van der Waals surface area (Å²) in [6.45, 7) is 4.02. The van der Waals surface area contributed by atoms with Gasteiger partial charge in [-0.2, -0.15) is 0 Å². The van der Waals surface area contributed by atoms with E-state index >= 15 is 0 Å². The summed E-state index contributed by atoms with van der Waals surface area (Å²) in [6, 6.07) is 3.91. The lowest BCUT2D eigenvalue weighted by Gasteiger charge is -2.03. The van der Waals surface area contributed by atoms with E-state index in [1.165, 1.54) is 0 Å². The van der Waals surface area contributed by atoms with Crippen molar-refractivity contribution < 1.29 is 5.21 Å². The first-order chi connectivity index (χ1) is 5.25. The number of nitrogens with zero attached hydrogens (tertiary/aromatic N) is 1. The first-order valence-electron chi connectivity index (χ1n) is 3.51. The molecule has 2 nitrogen and oxygen atoms in total. The highest BCUT2D eigenvalue weighted by Gasteiger charge is 2.08. The van der Waals surface area contributed by atoms with Gasteiger partial charge in [-0.05, 0) is 11.4 Å². The molecule has 0 aliphatic carbocycles. The molecule has 0 saturated heterocycles. The van der Waals surface area contributed by atoms with Gasteiger partial charge in [0.1, 0.15) is 0 Å². The van der Waals surface area contributed by atoms with E-state index in [2.05, 4.69) is 5.16 Å². The molecule has 11 heavy (non-hydrogen) atoms. The van der Waals surface area contributed by atoms with Crippen molar-refractivity contribution in [3.05, 3.63) is 22.4 Å². The molecular weight excluding hydrogens is 158 g/mol. The van der Waals surface area contributed by atoms with Crippen molar-refractivity contribution in [1.82, 2.24) is 0 Å². The van der Waals surface area contributed by atoms with Gasteiger partial charge in [0.25, 0.3) is 0 Å². The molecule has 3 heteroatoms. The van der Waals surface area contributed by atoms with Crippen molar-refractivity contribution in [2.45, 2.75) is 13.8 Å². The SMILES string of the molecule is CC(C)/C(=N/O)c1cccs1. The molecule has 1 heterocycles. The Morgan fingerprint density at radius 1 is 1.64 bits per heavy atom. The minimum atomic E-state index is 0.277. The zero-order valence-electron chi connectivity index (χ0n) is 6.61. The van der Waals surface area contributed by atoms with Crippen LogP contribution < -0.4 is 0 Å². The summed E-state index contributed by atoms with van der Waals surface area (Å²) < 4.78 is 0. The summed E-state index contributed by atoms with van der Waals surface area (Å²) in [5.41, 5.74) is 0.764. The highest BCUT2D eigenvalue weighted by atomic mass is 32.1. The maximum absolute atomic E-state index is 8.66. The Morgan fingerprint density at radius 3 is 2.73 bits per heavy atom. The molecule has 0 aliphatic rings. The lowest BCUT2D eigenvalue weighted by Crippen LogP contribution is -2.06. The Morgan fingerprint density at radius 2 is 2.36 bits per heavy atom. The van der Waals surface area contributed by atoms with Gasteiger partial charge in [-0.1, -0.05) is 25.1 Å². The van der Waals surface area contributed by atoms with Crippen molar-refractivity contribution in [3.63, 3.8) is 0 Å². The maximum Gasteiger partial charge on any atom is 0.0992 e. The minimum Gasteiger partial charge on any atom is -0.411 e. The van der Waals surface area contributed by atoms with Crippen molar-refractivity contribution in [3.8, 4) is 0 Å². The quantitative estimate of drug-likeness (QED) is 0.412. The Bertz CT molecular complexity index is 239. The van der Waals surface area contributed by atoms with Crippen LogP contribution in [0.2, 0.25) is 0 Å². The zero-order chi connectivity index (χ0) is 8.27. The summed E-state index contributed by atoms with van der Waals surface area (Å²) in [4.78, 5) is 1.04. The second-order valence-corrected chi connectivity index (χ2v) is 3.56. The molecule has 0 saturated carbocycles. The van der Waals surface area contributed by atoms with Crippen LogP contribution in [0.15, 0.2) is 22.7 Å². The fourth-order valence-electron chi connectivity index (χ4n) is 0.874. The standard InChI is InChI=1S/C8H11NOS/c1-6(2)8(9-10)7-4-3-5-11-7/h3-6,10H,1-2H3/b9-8-. The van der Waals surface area contributed by atoms with E-state index < -0.39 is 0 Å². The van der Waals surface area contributed by atoms with Gasteiger partial charge in [0.05, 0.1) is 10.6 Å². The van der Waals surface area contributed by atoms with E-state index in [1.807, 2.05) is 31.4 Å². The molecule has 1 aromatic rings. The lowest BCUT2D eigenvalue weighted by atomic mass is 10.1. The van der Waals surface area contributed by atoms with Gasteiger partial charge < -0.3 is 5.21 Å². The molecule has 0 unspecified atom stereocenters. The molecule has 0 aromatic carbocycles. The topological polar surface area (TPSA) is 32.6 Å². The van der Waals surface area contributed by atoms with E-state index in [0.29, 0.717) is 0 Å². The lowest BCUT2D eigenvalue weighted by molar-refractivity contribution is 0.316. The minimum absolute atomic E-state index is 0.277. The van der Waals surface area contributed by atoms with Gasteiger partial charge in [-0.15, -0.1) is 11.3 Å². The fraction of sp³-hybridized carbons (Fsp3) is 0.375. The summed E-state index contributed by atoms with van der Waals surface area (Å²) in [7, 11) is 0. The van der Waals surface area contributed by atoms with Crippen LogP contribution in [0, 0.1) is 5.92 Å². The molecule has 0 amide bonds. The summed E-state index contributed by atoms with van der Waals surface area (Å²) >= 11 is 1.59. The van der Waals surface area contributed by atoms with Crippen LogP contribution in [0.1, 0.15) is 18.7 Å². The smallest absolute Gasteiger partial charge is 0.0992 e. The third kappa shape index (κ3) is 1.80. The predicted molar refractivity (Wildman–Crippen MR) is 47.5 cm³/mol. The van der Waals surface area contributed by atoms with Gasteiger partial charge in [0.15, 0.2) is 0 Å². The van der Waals surface area contributed by atoms with Crippen LogP contribution in [0.3, 0.4) is 0 Å². The van der Waals surface area contributed by atoms with Gasteiger partial charge in [-0.25, -0.2) is 0 Å². The number of hydrogen-bond acceptors (Lipinski definition) is 3.